The van der Waals surface area contributed by atoms with Crippen LogP contribution in [-0.4, -0.2) is 47.0 Å². The zero-order chi connectivity index (χ0) is 15.5. The number of aliphatic hydroxyl groups is 1. The van der Waals surface area contributed by atoms with Gasteiger partial charge in [0.05, 0.1) is 6.61 Å². The number of aryl methyl sites for hydroxylation is 2. The van der Waals surface area contributed by atoms with Gasteiger partial charge >= 0.3 is 12.1 Å². The van der Waals surface area contributed by atoms with Crippen LogP contribution in [0.15, 0.2) is 6.07 Å². The molecule has 0 aliphatic rings. The quantitative estimate of drug-likeness (QED) is 0.865. The van der Waals surface area contributed by atoms with Gasteiger partial charge in [0.1, 0.15) is 17.9 Å². The molecule has 20 heavy (non-hydrogen) atoms. The SMILES string of the molecule is Cc1cc(C)c(C(=O)O)c(N(CCO)CC(F)(F)F)n1. The van der Waals surface area contributed by atoms with Gasteiger partial charge in [-0.25, -0.2) is 9.78 Å². The summed E-state index contributed by atoms with van der Waals surface area (Å²) in [6, 6.07) is 1.48. The summed E-state index contributed by atoms with van der Waals surface area (Å²) in [6.07, 6.45) is -4.52. The molecule has 0 amide bonds. The van der Waals surface area contributed by atoms with E-state index in [4.69, 9.17) is 10.2 Å². The van der Waals surface area contributed by atoms with Gasteiger partial charge < -0.3 is 15.1 Å². The van der Waals surface area contributed by atoms with Crippen molar-refractivity contribution in [2.45, 2.75) is 20.0 Å². The molecular weight excluding hydrogens is 277 g/mol. The second-order valence-electron chi connectivity index (χ2n) is 4.34. The predicted molar refractivity (Wildman–Crippen MR) is 66.0 cm³/mol. The number of anilines is 1. The molecule has 112 valence electrons. The van der Waals surface area contributed by atoms with Crippen LogP contribution in [0, 0.1) is 13.8 Å². The first kappa shape index (κ1) is 16.2. The fraction of sp³-hybridized carbons (Fsp3) is 0.500. The highest BCUT2D eigenvalue weighted by molar-refractivity contribution is 5.95. The Kier molecular flexibility index (Phi) is 4.93. The number of hydrogen-bond acceptors (Lipinski definition) is 4. The van der Waals surface area contributed by atoms with Gasteiger partial charge in [0.2, 0.25) is 0 Å². The van der Waals surface area contributed by atoms with E-state index in [0.29, 0.717) is 11.3 Å². The van der Waals surface area contributed by atoms with Crippen molar-refractivity contribution in [3.63, 3.8) is 0 Å². The number of pyridine rings is 1. The predicted octanol–water partition coefficient (Wildman–Crippen LogP) is 1.76. The number of carboxylic acid groups (broad SMARTS) is 1. The van der Waals surface area contributed by atoms with E-state index >= 15 is 0 Å². The average Bonchev–Trinajstić information content (AvgIpc) is 2.24. The van der Waals surface area contributed by atoms with Crippen LogP contribution in [0.5, 0.6) is 0 Å². The second-order valence-corrected chi connectivity index (χ2v) is 4.34. The van der Waals surface area contributed by atoms with Crippen molar-refractivity contribution in [3.8, 4) is 0 Å². The summed E-state index contributed by atoms with van der Waals surface area (Å²) in [5.74, 6) is -1.63. The molecule has 8 heteroatoms. The van der Waals surface area contributed by atoms with Crippen LogP contribution in [-0.2, 0) is 0 Å². The van der Waals surface area contributed by atoms with Crippen LogP contribution in [0.2, 0.25) is 0 Å². The molecule has 5 nitrogen and oxygen atoms in total. The molecule has 0 atom stereocenters. The number of carboxylic acids is 1. The number of rotatable bonds is 5. The molecule has 1 aromatic rings. The number of halogens is 3. The van der Waals surface area contributed by atoms with E-state index in [0.717, 1.165) is 4.90 Å². The van der Waals surface area contributed by atoms with Crippen LogP contribution < -0.4 is 4.90 Å². The lowest BCUT2D eigenvalue weighted by atomic mass is 10.1. The summed E-state index contributed by atoms with van der Waals surface area (Å²) >= 11 is 0. The van der Waals surface area contributed by atoms with Crippen LogP contribution in [0.4, 0.5) is 19.0 Å². The van der Waals surface area contributed by atoms with E-state index in [-0.39, 0.29) is 17.9 Å². The van der Waals surface area contributed by atoms with Crippen molar-refractivity contribution in [2.75, 3.05) is 24.6 Å². The minimum Gasteiger partial charge on any atom is -0.478 e. The molecule has 0 aliphatic carbocycles. The number of alkyl halides is 3. The van der Waals surface area contributed by atoms with E-state index < -0.39 is 25.3 Å². The minimum atomic E-state index is -4.52. The van der Waals surface area contributed by atoms with Crippen molar-refractivity contribution in [1.82, 2.24) is 4.98 Å². The summed E-state index contributed by atoms with van der Waals surface area (Å²) in [6.45, 7) is 0.794. The summed E-state index contributed by atoms with van der Waals surface area (Å²) in [4.78, 5) is 15.8. The molecule has 2 N–H and O–H groups in total. The van der Waals surface area contributed by atoms with Crippen molar-refractivity contribution >= 4 is 11.8 Å². The zero-order valence-corrected chi connectivity index (χ0v) is 11.0. The van der Waals surface area contributed by atoms with E-state index in [2.05, 4.69) is 4.98 Å². The highest BCUT2D eigenvalue weighted by Crippen LogP contribution is 2.26. The van der Waals surface area contributed by atoms with Gasteiger partial charge in [-0.1, -0.05) is 0 Å². The Labute approximate surface area is 113 Å². The maximum atomic E-state index is 12.6. The van der Waals surface area contributed by atoms with Crippen molar-refractivity contribution in [1.29, 1.82) is 0 Å². The topological polar surface area (TPSA) is 73.7 Å². The van der Waals surface area contributed by atoms with Gasteiger partial charge in [-0.3, -0.25) is 0 Å². The van der Waals surface area contributed by atoms with Crippen LogP contribution >= 0.6 is 0 Å². The molecule has 0 unspecified atom stereocenters. The first-order chi connectivity index (χ1) is 9.15. The van der Waals surface area contributed by atoms with Crippen LogP contribution in [0.25, 0.3) is 0 Å². The van der Waals surface area contributed by atoms with Gasteiger partial charge in [-0.05, 0) is 25.5 Å². The minimum absolute atomic E-state index is 0.277. The van der Waals surface area contributed by atoms with Crippen LogP contribution in [0.1, 0.15) is 21.6 Å². The van der Waals surface area contributed by atoms with E-state index in [1.165, 1.54) is 13.0 Å². The van der Waals surface area contributed by atoms with Crippen molar-refractivity contribution < 1.29 is 28.2 Å². The molecular formula is C12H15F3N2O3. The normalized spacial score (nSPS) is 11.5. The third-order valence-corrected chi connectivity index (χ3v) is 2.58. The zero-order valence-electron chi connectivity index (χ0n) is 11.0. The Balaban J connectivity index is 3.34. The smallest absolute Gasteiger partial charge is 0.405 e. The Morgan fingerprint density at radius 3 is 2.45 bits per heavy atom. The number of aromatic nitrogens is 1. The van der Waals surface area contributed by atoms with Gasteiger partial charge in [-0.2, -0.15) is 13.2 Å². The van der Waals surface area contributed by atoms with E-state index in [1.807, 2.05) is 0 Å². The first-order valence-corrected chi connectivity index (χ1v) is 5.80. The fourth-order valence-corrected chi connectivity index (χ4v) is 1.91. The average molecular weight is 292 g/mol. The molecule has 0 saturated carbocycles. The first-order valence-electron chi connectivity index (χ1n) is 5.80. The molecule has 1 rings (SSSR count). The lowest BCUT2D eigenvalue weighted by Gasteiger charge is -2.26. The molecule has 1 heterocycles. The van der Waals surface area contributed by atoms with E-state index in [9.17, 15) is 18.0 Å². The number of carbonyl (C=O) groups is 1. The third-order valence-electron chi connectivity index (χ3n) is 2.58. The number of nitrogens with zero attached hydrogens (tertiary/aromatic N) is 2. The molecule has 0 radical (unpaired) electrons. The standard InChI is InChI=1S/C12H15F3N2O3/c1-7-5-8(2)16-10(9(7)11(19)20)17(3-4-18)6-12(13,14)15/h5,18H,3-4,6H2,1-2H3,(H,19,20). The lowest BCUT2D eigenvalue weighted by Crippen LogP contribution is -2.38. The maximum Gasteiger partial charge on any atom is 0.405 e. The van der Waals surface area contributed by atoms with Gasteiger partial charge in [0.15, 0.2) is 0 Å². The number of aliphatic hydroxyl groups excluding tert-OH is 1. The van der Waals surface area contributed by atoms with Gasteiger partial charge in [-0.15, -0.1) is 0 Å². The summed E-state index contributed by atoms with van der Waals surface area (Å²) in [5, 5.41) is 18.0. The third kappa shape index (κ3) is 4.09. The maximum absolute atomic E-state index is 12.6. The van der Waals surface area contributed by atoms with Crippen LogP contribution in [0.3, 0.4) is 0 Å². The molecule has 0 aromatic carbocycles. The summed E-state index contributed by atoms with van der Waals surface area (Å²) in [7, 11) is 0. The second kappa shape index (κ2) is 6.08. The van der Waals surface area contributed by atoms with Gasteiger partial charge in [0.25, 0.3) is 0 Å². The molecule has 0 spiro atoms. The summed E-state index contributed by atoms with van der Waals surface area (Å²) < 4.78 is 37.7. The largest absolute Gasteiger partial charge is 0.478 e. The van der Waals surface area contributed by atoms with Crippen molar-refractivity contribution in [3.05, 3.63) is 22.9 Å². The monoisotopic (exact) mass is 292 g/mol. The molecule has 0 aliphatic heterocycles. The number of aromatic carboxylic acids is 1. The Bertz CT molecular complexity index is 503. The Morgan fingerprint density at radius 2 is 2.00 bits per heavy atom. The highest BCUT2D eigenvalue weighted by atomic mass is 19.4. The summed E-state index contributed by atoms with van der Waals surface area (Å²) in [5.41, 5.74) is 0.450. The van der Waals surface area contributed by atoms with Crippen molar-refractivity contribution in [2.24, 2.45) is 0 Å². The van der Waals surface area contributed by atoms with E-state index in [1.54, 1.807) is 6.92 Å². The fourth-order valence-electron chi connectivity index (χ4n) is 1.91. The number of hydrogen-bond donors (Lipinski definition) is 2. The molecule has 0 saturated heterocycles. The lowest BCUT2D eigenvalue weighted by molar-refractivity contribution is -0.120. The molecule has 0 fully saturated rings. The highest BCUT2D eigenvalue weighted by Gasteiger charge is 2.33. The Hall–Kier alpha value is -1.83. The molecule has 0 bridgehead atoms. The van der Waals surface area contributed by atoms with Gasteiger partial charge in [0, 0.05) is 12.2 Å². The molecule has 1 aromatic heterocycles. The Morgan fingerprint density at radius 1 is 1.40 bits per heavy atom.